The Bertz CT molecular complexity index is 1120. The fraction of sp³-hybridized carbons (Fsp3) is 0.556. The Morgan fingerprint density at radius 2 is 1.88 bits per heavy atom. The van der Waals surface area contributed by atoms with Crippen LogP contribution in [0.1, 0.15) is 76.2 Å². The molecule has 0 saturated heterocycles. The number of thioether (sulfide) groups is 1. The van der Waals surface area contributed by atoms with Crippen molar-refractivity contribution in [1.82, 2.24) is 9.55 Å². The zero-order valence-electron chi connectivity index (χ0n) is 20.2. The zero-order chi connectivity index (χ0) is 23.2. The third-order valence-electron chi connectivity index (χ3n) is 6.43. The molecule has 0 spiro atoms. The Balaban J connectivity index is 1.66. The van der Waals surface area contributed by atoms with Crippen molar-refractivity contribution in [2.24, 2.45) is 5.92 Å². The molecule has 2 heterocycles. The van der Waals surface area contributed by atoms with Crippen molar-refractivity contribution in [3.8, 4) is 11.4 Å². The van der Waals surface area contributed by atoms with Gasteiger partial charge < -0.3 is 4.74 Å². The molecule has 1 atom stereocenters. The molecule has 1 aliphatic carbocycles. The van der Waals surface area contributed by atoms with Gasteiger partial charge in [-0.2, -0.15) is 0 Å². The minimum atomic E-state index is 0.0849. The van der Waals surface area contributed by atoms with Crippen LogP contribution in [0.15, 0.2) is 34.2 Å². The van der Waals surface area contributed by atoms with Gasteiger partial charge in [0, 0.05) is 10.6 Å². The number of rotatable bonds is 11. The largest absolute Gasteiger partial charge is 0.494 e. The number of fused-ring (bicyclic) bond motifs is 3. The molecule has 0 radical (unpaired) electrons. The molecule has 6 heteroatoms. The quantitative estimate of drug-likeness (QED) is 0.161. The van der Waals surface area contributed by atoms with E-state index in [1.54, 1.807) is 23.1 Å². The van der Waals surface area contributed by atoms with Crippen LogP contribution in [-0.4, -0.2) is 21.9 Å². The minimum absolute atomic E-state index is 0.0849. The van der Waals surface area contributed by atoms with Crippen molar-refractivity contribution >= 4 is 33.3 Å². The third kappa shape index (κ3) is 5.65. The number of nitrogens with zero attached hydrogens (tertiary/aromatic N) is 2. The standard InChI is InChI=1S/C27H36N2O2S2/c1-4-6-7-8-9-10-17-32-27-28-25-24(22-16-11-19(3)18-23(22)33-25)26(30)29(27)20-12-14-21(15-13-20)31-5-2/h12-15,19H,4-11,16-18H2,1-3H3. The molecule has 0 amide bonds. The lowest BCUT2D eigenvalue weighted by atomic mass is 9.89. The molecule has 0 N–H and O–H groups in total. The lowest BCUT2D eigenvalue weighted by molar-refractivity contribution is 0.340. The van der Waals surface area contributed by atoms with Crippen LogP contribution in [0.2, 0.25) is 0 Å². The van der Waals surface area contributed by atoms with E-state index < -0.39 is 0 Å². The SMILES string of the molecule is CCCCCCCCSc1nc2sc3c(c2c(=O)n1-c1ccc(OCC)cc1)CCC(C)C3. The van der Waals surface area contributed by atoms with E-state index >= 15 is 0 Å². The van der Waals surface area contributed by atoms with Gasteiger partial charge in [-0.1, -0.05) is 57.7 Å². The lowest BCUT2D eigenvalue weighted by Gasteiger charge is -2.18. The first-order valence-corrected chi connectivity index (χ1v) is 14.4. The maximum Gasteiger partial charge on any atom is 0.267 e. The van der Waals surface area contributed by atoms with E-state index in [9.17, 15) is 4.79 Å². The van der Waals surface area contributed by atoms with E-state index in [0.717, 1.165) is 58.2 Å². The van der Waals surface area contributed by atoms with Gasteiger partial charge in [-0.25, -0.2) is 4.98 Å². The molecule has 3 aromatic rings. The summed E-state index contributed by atoms with van der Waals surface area (Å²) < 4.78 is 7.45. The molecular formula is C27H36N2O2S2. The number of unbranched alkanes of at least 4 members (excludes halogenated alkanes) is 5. The summed E-state index contributed by atoms with van der Waals surface area (Å²) in [4.78, 5) is 21.2. The van der Waals surface area contributed by atoms with Crippen LogP contribution >= 0.6 is 23.1 Å². The smallest absolute Gasteiger partial charge is 0.267 e. The Hall–Kier alpha value is -1.79. The second-order valence-corrected chi connectivity index (χ2v) is 11.3. The predicted molar refractivity (Wildman–Crippen MR) is 142 cm³/mol. The highest BCUT2D eigenvalue weighted by atomic mass is 32.2. The molecular weight excluding hydrogens is 448 g/mol. The fourth-order valence-electron chi connectivity index (χ4n) is 4.60. The summed E-state index contributed by atoms with van der Waals surface area (Å²) in [6, 6.07) is 7.86. The van der Waals surface area contributed by atoms with Crippen LogP contribution in [0.4, 0.5) is 0 Å². The van der Waals surface area contributed by atoms with Crippen LogP contribution in [0.3, 0.4) is 0 Å². The lowest BCUT2D eigenvalue weighted by Crippen LogP contribution is -2.22. The van der Waals surface area contributed by atoms with Crippen LogP contribution < -0.4 is 10.3 Å². The Kier molecular flexibility index (Phi) is 8.53. The highest BCUT2D eigenvalue weighted by Crippen LogP contribution is 2.37. The van der Waals surface area contributed by atoms with Crippen molar-refractivity contribution in [3.05, 3.63) is 45.1 Å². The number of hydrogen-bond donors (Lipinski definition) is 0. The zero-order valence-corrected chi connectivity index (χ0v) is 21.8. The summed E-state index contributed by atoms with van der Waals surface area (Å²) in [5.41, 5.74) is 2.20. The van der Waals surface area contributed by atoms with Gasteiger partial charge in [0.15, 0.2) is 5.16 Å². The number of ether oxygens (including phenoxy) is 1. The van der Waals surface area contributed by atoms with E-state index in [2.05, 4.69) is 13.8 Å². The van der Waals surface area contributed by atoms with Crippen molar-refractivity contribution in [1.29, 1.82) is 0 Å². The van der Waals surface area contributed by atoms with Crippen LogP contribution in [0.5, 0.6) is 5.75 Å². The minimum Gasteiger partial charge on any atom is -0.494 e. The summed E-state index contributed by atoms with van der Waals surface area (Å²) in [7, 11) is 0. The van der Waals surface area contributed by atoms with Gasteiger partial charge in [0.1, 0.15) is 10.6 Å². The number of thiophene rings is 1. The van der Waals surface area contributed by atoms with Crippen LogP contribution in [-0.2, 0) is 12.8 Å². The molecule has 4 rings (SSSR count). The maximum absolute atomic E-state index is 13.9. The van der Waals surface area contributed by atoms with Crippen molar-refractivity contribution in [2.75, 3.05) is 12.4 Å². The number of aromatic nitrogens is 2. The fourth-order valence-corrected chi connectivity index (χ4v) is 7.04. The Labute approximate surface area is 205 Å². The number of hydrogen-bond acceptors (Lipinski definition) is 5. The van der Waals surface area contributed by atoms with Crippen molar-refractivity contribution in [3.63, 3.8) is 0 Å². The highest BCUT2D eigenvalue weighted by molar-refractivity contribution is 7.99. The molecule has 0 aliphatic heterocycles. The maximum atomic E-state index is 13.9. The predicted octanol–water partition coefficient (Wildman–Crippen LogP) is 7.42. The summed E-state index contributed by atoms with van der Waals surface area (Å²) >= 11 is 3.46. The second-order valence-electron chi connectivity index (χ2n) is 9.11. The molecule has 0 bridgehead atoms. The van der Waals surface area contributed by atoms with E-state index in [0.29, 0.717) is 12.5 Å². The highest BCUT2D eigenvalue weighted by Gasteiger charge is 2.25. The van der Waals surface area contributed by atoms with Gasteiger partial charge in [-0.3, -0.25) is 9.36 Å². The van der Waals surface area contributed by atoms with Crippen molar-refractivity contribution < 1.29 is 4.74 Å². The first kappa shape index (κ1) is 24.3. The van der Waals surface area contributed by atoms with E-state index in [4.69, 9.17) is 9.72 Å². The average Bonchev–Trinajstić information content (AvgIpc) is 3.17. The topological polar surface area (TPSA) is 44.1 Å². The normalized spacial score (nSPS) is 15.7. The van der Waals surface area contributed by atoms with Crippen molar-refractivity contribution in [2.45, 2.75) is 83.7 Å². The third-order valence-corrected chi connectivity index (χ3v) is 8.61. The summed E-state index contributed by atoms with van der Waals surface area (Å²) in [5, 5.41) is 1.66. The molecule has 2 aromatic heterocycles. The van der Waals surface area contributed by atoms with E-state index in [-0.39, 0.29) is 5.56 Å². The van der Waals surface area contributed by atoms with Gasteiger partial charge >= 0.3 is 0 Å². The molecule has 4 nitrogen and oxygen atoms in total. The van der Waals surface area contributed by atoms with Gasteiger partial charge in [0.2, 0.25) is 0 Å². The monoisotopic (exact) mass is 484 g/mol. The van der Waals surface area contributed by atoms with E-state index in [1.165, 1.54) is 42.5 Å². The van der Waals surface area contributed by atoms with Crippen LogP contribution in [0.25, 0.3) is 15.9 Å². The summed E-state index contributed by atoms with van der Waals surface area (Å²) in [5.74, 6) is 2.50. The molecule has 33 heavy (non-hydrogen) atoms. The van der Waals surface area contributed by atoms with Gasteiger partial charge in [0.25, 0.3) is 5.56 Å². The molecule has 0 fully saturated rings. The summed E-state index contributed by atoms with van der Waals surface area (Å²) in [6.45, 7) is 7.17. The van der Waals surface area contributed by atoms with Crippen LogP contribution in [0, 0.1) is 5.92 Å². The van der Waals surface area contributed by atoms with Gasteiger partial charge in [-0.05, 0) is 68.4 Å². The second kappa shape index (κ2) is 11.6. The molecule has 0 saturated carbocycles. The first-order valence-electron chi connectivity index (χ1n) is 12.6. The Morgan fingerprint density at radius 1 is 1.12 bits per heavy atom. The molecule has 1 aromatic carbocycles. The molecule has 178 valence electrons. The Morgan fingerprint density at radius 3 is 2.64 bits per heavy atom. The average molecular weight is 485 g/mol. The molecule has 1 aliphatic rings. The molecule has 1 unspecified atom stereocenters. The number of aryl methyl sites for hydroxylation is 1. The summed E-state index contributed by atoms with van der Waals surface area (Å²) in [6.07, 6.45) is 10.8. The van der Waals surface area contributed by atoms with E-state index in [1.807, 2.05) is 35.8 Å². The number of benzene rings is 1. The van der Waals surface area contributed by atoms with Gasteiger partial charge in [0.05, 0.1) is 17.7 Å². The van der Waals surface area contributed by atoms with Gasteiger partial charge in [-0.15, -0.1) is 11.3 Å². The first-order chi connectivity index (χ1) is 16.1.